The Kier molecular flexibility index (Phi) is 6.68. The summed E-state index contributed by atoms with van der Waals surface area (Å²) in [5.41, 5.74) is 4.53. The van der Waals surface area contributed by atoms with E-state index in [4.69, 9.17) is 0 Å². The van der Waals surface area contributed by atoms with Crippen molar-refractivity contribution in [3.63, 3.8) is 0 Å². The molecule has 1 aromatic heterocycles. The fraction of sp³-hybridized carbons (Fsp3) is 0.409. The summed E-state index contributed by atoms with van der Waals surface area (Å²) in [5, 5.41) is 15.9. The highest BCUT2D eigenvalue weighted by atomic mass is 32.1. The third kappa shape index (κ3) is 5.03. The molecule has 1 heterocycles. The lowest BCUT2D eigenvalue weighted by atomic mass is 9.96. The van der Waals surface area contributed by atoms with Gasteiger partial charge in [-0.15, -0.1) is 11.3 Å². The summed E-state index contributed by atoms with van der Waals surface area (Å²) in [7, 11) is 1.73. The summed E-state index contributed by atoms with van der Waals surface area (Å²) in [6, 6.07) is 8.11. The molecule has 0 unspecified atom stereocenters. The number of aryl methyl sites for hydroxylation is 3. The number of rotatable bonds is 6. The van der Waals surface area contributed by atoms with E-state index in [1.54, 1.807) is 11.9 Å². The largest absolute Gasteiger partial charge is 0.324 e. The number of nitrogens with one attached hydrogen (secondary N) is 2. The summed E-state index contributed by atoms with van der Waals surface area (Å²) in [6.07, 6.45) is 4.10. The van der Waals surface area contributed by atoms with E-state index in [1.807, 2.05) is 32.0 Å². The number of hydrogen-bond donors (Lipinski definition) is 2. The van der Waals surface area contributed by atoms with E-state index >= 15 is 0 Å². The summed E-state index contributed by atoms with van der Waals surface area (Å²) < 4.78 is 0. The number of anilines is 2. The molecule has 2 amide bonds. The number of likely N-dealkylation sites (N-methyl/N-ethyl adjacent to an activating group) is 1. The Morgan fingerprint density at radius 3 is 2.38 bits per heavy atom. The topological polar surface area (TPSA) is 85.2 Å². The lowest BCUT2D eigenvalue weighted by Crippen LogP contribution is -2.36. The molecule has 7 heteroatoms. The Hall–Kier alpha value is -2.69. The number of amides is 2. The maximum absolute atomic E-state index is 12.5. The van der Waals surface area contributed by atoms with Crippen molar-refractivity contribution in [3.8, 4) is 6.07 Å². The molecule has 0 atom stereocenters. The van der Waals surface area contributed by atoms with E-state index in [0.717, 1.165) is 48.1 Å². The molecule has 0 fully saturated rings. The van der Waals surface area contributed by atoms with Crippen LogP contribution in [0.3, 0.4) is 0 Å². The lowest BCUT2D eigenvalue weighted by molar-refractivity contribution is -0.119. The molecule has 1 aromatic carbocycles. The monoisotopic (exact) mass is 410 g/mol. The molecule has 3 rings (SSSR count). The molecular formula is C22H26N4O2S. The van der Waals surface area contributed by atoms with Crippen molar-refractivity contribution < 1.29 is 9.59 Å². The summed E-state index contributed by atoms with van der Waals surface area (Å²) in [4.78, 5) is 27.7. The molecule has 6 nitrogen and oxygen atoms in total. The van der Waals surface area contributed by atoms with Crippen molar-refractivity contribution >= 4 is 33.8 Å². The Morgan fingerprint density at radius 1 is 1.10 bits per heavy atom. The van der Waals surface area contributed by atoms with Gasteiger partial charge in [-0.05, 0) is 63.3 Å². The van der Waals surface area contributed by atoms with Crippen LogP contribution in [0.4, 0.5) is 10.7 Å². The third-order valence-corrected chi connectivity index (χ3v) is 6.32. The molecule has 0 spiro atoms. The quantitative estimate of drug-likeness (QED) is 0.762. The predicted octanol–water partition coefficient (Wildman–Crippen LogP) is 3.62. The highest BCUT2D eigenvalue weighted by Crippen LogP contribution is 2.37. The van der Waals surface area contributed by atoms with Crippen LogP contribution >= 0.6 is 11.3 Å². The van der Waals surface area contributed by atoms with Crippen LogP contribution in [0.1, 0.15) is 40.0 Å². The first kappa shape index (κ1) is 21.0. The van der Waals surface area contributed by atoms with Gasteiger partial charge in [0.2, 0.25) is 11.8 Å². The molecule has 0 bridgehead atoms. The van der Waals surface area contributed by atoms with E-state index < -0.39 is 0 Å². The third-order valence-electron chi connectivity index (χ3n) is 5.11. The zero-order valence-electron chi connectivity index (χ0n) is 17.1. The van der Waals surface area contributed by atoms with Gasteiger partial charge in [-0.25, -0.2) is 0 Å². The molecule has 0 aliphatic heterocycles. The van der Waals surface area contributed by atoms with Crippen molar-refractivity contribution in [2.75, 3.05) is 30.8 Å². The van der Waals surface area contributed by atoms with Crippen molar-refractivity contribution in [1.82, 2.24) is 4.90 Å². The van der Waals surface area contributed by atoms with Gasteiger partial charge in [0.05, 0.1) is 18.7 Å². The molecule has 29 heavy (non-hydrogen) atoms. The van der Waals surface area contributed by atoms with Crippen molar-refractivity contribution in [2.45, 2.75) is 39.5 Å². The van der Waals surface area contributed by atoms with Gasteiger partial charge in [0.1, 0.15) is 11.1 Å². The average Bonchev–Trinajstić information content (AvgIpc) is 3.01. The summed E-state index contributed by atoms with van der Waals surface area (Å²) in [6.45, 7) is 4.08. The van der Waals surface area contributed by atoms with Crippen molar-refractivity contribution in [1.29, 1.82) is 5.26 Å². The molecule has 0 saturated heterocycles. The van der Waals surface area contributed by atoms with Gasteiger partial charge in [-0.3, -0.25) is 14.5 Å². The highest BCUT2D eigenvalue weighted by Gasteiger charge is 2.22. The Bertz CT molecular complexity index is 954. The van der Waals surface area contributed by atoms with Gasteiger partial charge in [0.15, 0.2) is 0 Å². The standard InChI is InChI=1S/C22H26N4O2S/c1-14-7-6-8-15(2)21(14)24-19(27)12-26(3)13-20(28)25-22-17(11-23)16-9-4-5-10-18(16)29-22/h6-8H,4-5,9-10,12-13H2,1-3H3,(H,24,27)(H,25,28). The zero-order valence-corrected chi connectivity index (χ0v) is 17.9. The van der Waals surface area contributed by atoms with E-state index in [2.05, 4.69) is 16.7 Å². The maximum Gasteiger partial charge on any atom is 0.239 e. The highest BCUT2D eigenvalue weighted by molar-refractivity contribution is 7.16. The minimum atomic E-state index is -0.220. The molecule has 0 saturated carbocycles. The molecule has 2 N–H and O–H groups in total. The Morgan fingerprint density at radius 2 is 1.72 bits per heavy atom. The fourth-order valence-electron chi connectivity index (χ4n) is 3.68. The SMILES string of the molecule is Cc1cccc(C)c1NC(=O)CN(C)CC(=O)Nc1sc2c(c1C#N)CCCC2. The second kappa shape index (κ2) is 9.21. The first-order valence-electron chi connectivity index (χ1n) is 9.78. The molecule has 0 radical (unpaired) electrons. The minimum absolute atomic E-state index is 0.0770. The van der Waals surface area contributed by atoms with Crippen LogP contribution in [-0.4, -0.2) is 36.9 Å². The van der Waals surface area contributed by atoms with E-state index in [9.17, 15) is 14.9 Å². The van der Waals surface area contributed by atoms with E-state index in [0.29, 0.717) is 10.6 Å². The van der Waals surface area contributed by atoms with Gasteiger partial charge in [-0.1, -0.05) is 18.2 Å². The minimum Gasteiger partial charge on any atom is -0.324 e. The average molecular weight is 411 g/mol. The second-order valence-corrected chi connectivity index (χ2v) is 8.67. The smallest absolute Gasteiger partial charge is 0.239 e. The Balaban J connectivity index is 1.56. The Labute approximate surface area is 175 Å². The molecule has 152 valence electrons. The fourth-order valence-corrected chi connectivity index (χ4v) is 4.93. The maximum atomic E-state index is 12.5. The van der Waals surface area contributed by atoms with Crippen LogP contribution in [0.15, 0.2) is 18.2 Å². The first-order valence-corrected chi connectivity index (χ1v) is 10.6. The van der Waals surface area contributed by atoms with Crippen LogP contribution in [-0.2, 0) is 22.4 Å². The van der Waals surface area contributed by atoms with Gasteiger partial charge in [0.25, 0.3) is 0 Å². The number of nitrogens with zero attached hydrogens (tertiary/aromatic N) is 2. The van der Waals surface area contributed by atoms with Crippen LogP contribution in [0.2, 0.25) is 0 Å². The second-order valence-electron chi connectivity index (χ2n) is 7.56. The van der Waals surface area contributed by atoms with Gasteiger partial charge >= 0.3 is 0 Å². The van der Waals surface area contributed by atoms with Gasteiger partial charge in [-0.2, -0.15) is 5.26 Å². The molecule has 1 aliphatic rings. The number of thiophene rings is 1. The summed E-state index contributed by atoms with van der Waals surface area (Å²) >= 11 is 1.51. The van der Waals surface area contributed by atoms with Gasteiger partial charge < -0.3 is 10.6 Å². The predicted molar refractivity (Wildman–Crippen MR) is 116 cm³/mol. The molecular weight excluding hydrogens is 384 g/mol. The number of fused-ring (bicyclic) bond motifs is 1. The van der Waals surface area contributed by atoms with Crippen LogP contribution in [0.25, 0.3) is 0 Å². The van der Waals surface area contributed by atoms with Crippen LogP contribution in [0.5, 0.6) is 0 Å². The van der Waals surface area contributed by atoms with Crippen molar-refractivity contribution in [3.05, 3.63) is 45.3 Å². The summed E-state index contributed by atoms with van der Waals surface area (Å²) in [5.74, 6) is -0.385. The zero-order chi connectivity index (χ0) is 21.0. The first-order chi connectivity index (χ1) is 13.9. The number of para-hydroxylation sites is 1. The van der Waals surface area contributed by atoms with E-state index in [1.165, 1.54) is 16.2 Å². The van der Waals surface area contributed by atoms with Crippen molar-refractivity contribution in [2.24, 2.45) is 0 Å². The number of hydrogen-bond acceptors (Lipinski definition) is 5. The van der Waals surface area contributed by atoms with Gasteiger partial charge in [0, 0.05) is 10.6 Å². The number of carbonyl (C=O) groups is 2. The number of benzene rings is 1. The lowest BCUT2D eigenvalue weighted by Gasteiger charge is -2.17. The molecule has 2 aromatic rings. The van der Waals surface area contributed by atoms with E-state index in [-0.39, 0.29) is 24.9 Å². The normalized spacial score (nSPS) is 12.9. The number of carbonyl (C=O) groups excluding carboxylic acids is 2. The van der Waals surface area contributed by atoms with Crippen LogP contribution in [0, 0.1) is 25.2 Å². The number of nitriles is 1. The van der Waals surface area contributed by atoms with Crippen LogP contribution < -0.4 is 10.6 Å². The molecule has 1 aliphatic carbocycles.